The van der Waals surface area contributed by atoms with E-state index in [0.717, 1.165) is 11.4 Å². The molecule has 0 bridgehead atoms. The van der Waals surface area contributed by atoms with E-state index in [1.165, 1.54) is 77.3 Å². The van der Waals surface area contributed by atoms with Gasteiger partial charge < -0.3 is 0 Å². The second-order valence-corrected chi connectivity index (χ2v) is 17.6. The van der Waals surface area contributed by atoms with Crippen molar-refractivity contribution in [2.24, 2.45) is 0 Å². The first-order valence-electron chi connectivity index (χ1n) is 12.3. The van der Waals surface area contributed by atoms with Crippen molar-refractivity contribution in [1.29, 1.82) is 0 Å². The van der Waals surface area contributed by atoms with E-state index in [0.29, 0.717) is 0 Å². The van der Waals surface area contributed by atoms with E-state index in [-0.39, 0.29) is 0 Å². The summed E-state index contributed by atoms with van der Waals surface area (Å²) in [5, 5.41) is 4.40. The van der Waals surface area contributed by atoms with Crippen LogP contribution < -0.4 is 0 Å². The highest BCUT2D eigenvalue weighted by Crippen LogP contribution is 2.51. The van der Waals surface area contributed by atoms with E-state index in [2.05, 4.69) is 59.3 Å². The minimum atomic E-state index is 0.905. The van der Waals surface area contributed by atoms with Crippen LogP contribution in [-0.4, -0.2) is 9.97 Å². The Morgan fingerprint density at radius 1 is 0.400 bits per heavy atom. The zero-order chi connectivity index (χ0) is 25.9. The van der Waals surface area contributed by atoms with Gasteiger partial charge in [0.2, 0.25) is 0 Å². The van der Waals surface area contributed by atoms with Gasteiger partial charge in [-0.05, 0) is 59.3 Å². The van der Waals surface area contributed by atoms with Gasteiger partial charge in [0.05, 0.1) is 49.0 Å². The number of nitrogens with zero attached hydrogens (tertiary/aromatic N) is 2. The number of fused-ring (bicyclic) bond motifs is 10. The van der Waals surface area contributed by atoms with E-state index in [4.69, 9.17) is 9.97 Å². The van der Waals surface area contributed by atoms with Crippen molar-refractivity contribution in [3.63, 3.8) is 0 Å². The number of hydrogen-bond donors (Lipinski definition) is 0. The summed E-state index contributed by atoms with van der Waals surface area (Å²) in [5.74, 6) is 0. The molecule has 0 aromatic carbocycles. The van der Waals surface area contributed by atoms with Crippen LogP contribution in [0.25, 0.3) is 88.7 Å². The molecule has 0 radical (unpaired) electrons. The van der Waals surface area contributed by atoms with Crippen LogP contribution in [0.3, 0.4) is 0 Å². The van der Waals surface area contributed by atoms with E-state index in [1.807, 2.05) is 103 Å². The molecule has 0 aliphatic rings. The average molecular weight is 657 g/mol. The summed E-state index contributed by atoms with van der Waals surface area (Å²) in [6, 6.07) is 17.7. The van der Waals surface area contributed by atoms with Gasteiger partial charge in [-0.25, -0.2) is 0 Å². The van der Waals surface area contributed by atoms with Gasteiger partial charge in [-0.1, -0.05) is 0 Å². The Morgan fingerprint density at radius 2 is 0.850 bits per heavy atom. The van der Waals surface area contributed by atoms with Crippen molar-refractivity contribution in [3.05, 3.63) is 71.7 Å². The zero-order valence-corrected chi connectivity index (χ0v) is 26.6. The van der Waals surface area contributed by atoms with Crippen LogP contribution in [0, 0.1) is 0 Å². The van der Waals surface area contributed by atoms with Crippen LogP contribution in [0.5, 0.6) is 0 Å². The molecule has 0 unspecified atom stereocenters. The third-order valence-corrected chi connectivity index (χ3v) is 17.3. The number of rotatable bonds is 3. The van der Waals surface area contributed by atoms with E-state index in [1.54, 1.807) is 0 Å². The zero-order valence-electron chi connectivity index (χ0n) is 20.1. The van der Waals surface area contributed by atoms with Crippen molar-refractivity contribution in [2.75, 3.05) is 0 Å². The third-order valence-electron chi connectivity index (χ3n) is 7.10. The Kier molecular flexibility index (Phi) is 4.90. The van der Waals surface area contributed by atoms with Crippen molar-refractivity contribution < 1.29 is 0 Å². The van der Waals surface area contributed by atoms with E-state index >= 15 is 0 Å². The summed E-state index contributed by atoms with van der Waals surface area (Å²) in [7, 11) is 0. The molecular formula is C30H12N2S8. The van der Waals surface area contributed by atoms with Gasteiger partial charge in [-0.3, -0.25) is 9.97 Å². The molecule has 0 saturated heterocycles. The second-order valence-electron chi connectivity index (χ2n) is 9.42. The molecule has 0 fully saturated rings. The van der Waals surface area contributed by atoms with Gasteiger partial charge in [-0.15, -0.1) is 90.7 Å². The normalized spacial score (nSPS) is 12.5. The van der Waals surface area contributed by atoms with Crippen LogP contribution in [0.15, 0.2) is 71.7 Å². The second kappa shape index (κ2) is 8.50. The van der Waals surface area contributed by atoms with Gasteiger partial charge in [0.15, 0.2) is 0 Å². The minimum absolute atomic E-state index is 0.905. The minimum Gasteiger partial charge on any atom is -0.254 e. The van der Waals surface area contributed by atoms with Crippen LogP contribution in [0.2, 0.25) is 0 Å². The van der Waals surface area contributed by atoms with Crippen LogP contribution in [0.1, 0.15) is 0 Å². The fraction of sp³-hybridized carbons (Fsp3) is 0. The maximum Gasteiger partial charge on any atom is 0.0886 e. The van der Waals surface area contributed by atoms with Gasteiger partial charge in [0, 0.05) is 52.1 Å². The molecule has 10 rings (SSSR count). The fourth-order valence-corrected chi connectivity index (χ4v) is 15.9. The molecule has 10 aromatic rings. The average Bonchev–Trinajstić information content (AvgIpc) is 3.80. The lowest BCUT2D eigenvalue weighted by atomic mass is 10.1. The Labute approximate surface area is 258 Å². The lowest BCUT2D eigenvalue weighted by molar-refractivity contribution is 1.25. The molecule has 0 aliphatic heterocycles. The van der Waals surface area contributed by atoms with Crippen LogP contribution >= 0.6 is 90.7 Å². The SMILES string of the molecule is c1cc2sc3c4sc(-c5ccc(-c6ccc(-c7cc8sc9c%10sccc%10sc9c8s7)cn6)nc5)cc4sc3c2s1. The number of thiophene rings is 8. The van der Waals surface area contributed by atoms with Crippen molar-refractivity contribution >= 4 is 147 Å². The van der Waals surface area contributed by atoms with Crippen molar-refractivity contribution in [2.45, 2.75) is 0 Å². The standard InChI is InChI=1S/C30H12N2S8/c1-3-15(31-11-13(1)19-9-21-25(37-19)29-27(39-21)23-17(35-29)5-7-33-23)16-4-2-14(12-32-16)20-10-22-26(38-20)30-28(40-22)24-18(36-30)6-8-34-24/h1-12H. The monoisotopic (exact) mass is 656 g/mol. The Bertz CT molecular complexity index is 2360. The van der Waals surface area contributed by atoms with E-state index in [9.17, 15) is 0 Å². The lowest BCUT2D eigenvalue weighted by Crippen LogP contribution is -1.87. The number of hydrogen-bond acceptors (Lipinski definition) is 10. The van der Waals surface area contributed by atoms with Gasteiger partial charge in [-0.2, -0.15) is 0 Å². The molecule has 0 spiro atoms. The smallest absolute Gasteiger partial charge is 0.0886 e. The molecule has 10 heteroatoms. The molecule has 0 aliphatic carbocycles. The highest BCUT2D eigenvalue weighted by atomic mass is 32.1. The molecule has 0 atom stereocenters. The molecule has 10 aromatic heterocycles. The summed E-state index contributed by atoms with van der Waals surface area (Å²) >= 11 is 15.2. The fourth-order valence-electron chi connectivity index (χ4n) is 5.19. The molecular weight excluding hydrogens is 645 g/mol. The lowest BCUT2D eigenvalue weighted by Gasteiger charge is -2.03. The summed E-state index contributed by atoms with van der Waals surface area (Å²) in [4.78, 5) is 12.2. The molecule has 40 heavy (non-hydrogen) atoms. The maximum absolute atomic E-state index is 4.81. The van der Waals surface area contributed by atoms with Crippen LogP contribution in [-0.2, 0) is 0 Å². The Hall–Kier alpha value is -2.54. The summed E-state index contributed by atoms with van der Waals surface area (Å²) in [6.45, 7) is 0. The maximum atomic E-state index is 4.81. The topological polar surface area (TPSA) is 25.8 Å². The summed E-state index contributed by atoms with van der Waals surface area (Å²) in [5.41, 5.74) is 4.14. The van der Waals surface area contributed by atoms with Gasteiger partial charge in [0.1, 0.15) is 0 Å². The number of pyridine rings is 2. The summed E-state index contributed by atoms with van der Waals surface area (Å²) in [6.07, 6.45) is 3.99. The molecule has 0 saturated carbocycles. The molecule has 190 valence electrons. The third kappa shape index (κ3) is 3.27. The highest BCUT2D eigenvalue weighted by molar-refractivity contribution is 7.45. The van der Waals surface area contributed by atoms with Crippen molar-refractivity contribution in [1.82, 2.24) is 9.97 Å². The predicted octanol–water partition coefficient (Wildman–Crippen LogP) is 12.9. The van der Waals surface area contributed by atoms with Crippen LogP contribution in [0.4, 0.5) is 0 Å². The van der Waals surface area contributed by atoms with E-state index < -0.39 is 0 Å². The molecule has 0 amide bonds. The largest absolute Gasteiger partial charge is 0.254 e. The first-order chi connectivity index (χ1) is 19.8. The predicted molar refractivity (Wildman–Crippen MR) is 186 cm³/mol. The first kappa shape index (κ1) is 23.1. The molecule has 0 N–H and O–H groups in total. The quantitative estimate of drug-likeness (QED) is 0.189. The molecule has 2 nitrogen and oxygen atoms in total. The summed E-state index contributed by atoms with van der Waals surface area (Å²) < 4.78 is 17.1. The van der Waals surface area contributed by atoms with Gasteiger partial charge in [0.25, 0.3) is 0 Å². The Balaban J connectivity index is 0.952. The van der Waals surface area contributed by atoms with Crippen molar-refractivity contribution in [3.8, 4) is 32.3 Å². The highest BCUT2D eigenvalue weighted by Gasteiger charge is 2.18. The number of aromatic nitrogens is 2. The molecule has 10 heterocycles. The van der Waals surface area contributed by atoms with Gasteiger partial charge >= 0.3 is 0 Å². The Morgan fingerprint density at radius 3 is 1.30 bits per heavy atom. The first-order valence-corrected chi connectivity index (χ1v) is 19.0.